The van der Waals surface area contributed by atoms with Gasteiger partial charge in [-0.1, -0.05) is 32.1 Å². The van der Waals surface area contributed by atoms with Gasteiger partial charge >= 0.3 is 0 Å². The highest BCUT2D eigenvalue weighted by atomic mass is 16.2. The first kappa shape index (κ1) is 14.5. The molecule has 1 aliphatic rings. The summed E-state index contributed by atoms with van der Waals surface area (Å²) < 4.78 is 0. The number of hydrogen-bond donors (Lipinski definition) is 0. The Bertz CT molecular complexity index is 222. The Balaban J connectivity index is 2.14. The van der Waals surface area contributed by atoms with Crippen LogP contribution in [-0.2, 0) is 4.79 Å². The average molecular weight is 240 g/mol. The normalized spacial score (nSPS) is 17.4. The molecule has 0 bridgehead atoms. The zero-order valence-electron chi connectivity index (χ0n) is 11.7. The lowest BCUT2D eigenvalue weighted by Crippen LogP contribution is -2.33. The molecule has 0 aromatic carbocycles. The van der Waals surface area contributed by atoms with E-state index in [1.54, 1.807) is 0 Å². The molecule has 3 heteroatoms. The quantitative estimate of drug-likeness (QED) is 0.711. The highest BCUT2D eigenvalue weighted by Gasteiger charge is 2.16. The van der Waals surface area contributed by atoms with Crippen molar-refractivity contribution in [1.29, 1.82) is 0 Å². The molecule has 0 saturated heterocycles. The van der Waals surface area contributed by atoms with Crippen LogP contribution in [0.25, 0.3) is 0 Å². The Morgan fingerprint density at radius 2 is 1.71 bits per heavy atom. The molecule has 0 aromatic rings. The molecule has 1 fully saturated rings. The van der Waals surface area contributed by atoms with E-state index < -0.39 is 0 Å². The Kier molecular flexibility index (Phi) is 6.56. The maximum Gasteiger partial charge on any atom is 0.222 e. The van der Waals surface area contributed by atoms with Crippen LogP contribution in [0.15, 0.2) is 0 Å². The summed E-state index contributed by atoms with van der Waals surface area (Å²) >= 11 is 0. The second kappa shape index (κ2) is 7.70. The maximum absolute atomic E-state index is 11.9. The van der Waals surface area contributed by atoms with Crippen molar-refractivity contribution in [2.24, 2.45) is 5.92 Å². The van der Waals surface area contributed by atoms with E-state index in [1.807, 2.05) is 26.0 Å². The van der Waals surface area contributed by atoms with E-state index in [1.165, 1.54) is 32.1 Å². The molecule has 0 heterocycles. The molecule has 0 spiro atoms. The van der Waals surface area contributed by atoms with Crippen LogP contribution in [0.4, 0.5) is 0 Å². The number of likely N-dealkylation sites (N-methyl/N-ethyl adjacent to an activating group) is 2. The van der Waals surface area contributed by atoms with Crippen LogP contribution in [0.2, 0.25) is 0 Å². The van der Waals surface area contributed by atoms with Crippen LogP contribution in [0.5, 0.6) is 0 Å². The smallest absolute Gasteiger partial charge is 0.222 e. The van der Waals surface area contributed by atoms with Crippen molar-refractivity contribution in [2.45, 2.75) is 44.9 Å². The van der Waals surface area contributed by atoms with Crippen LogP contribution >= 0.6 is 0 Å². The first-order valence-electron chi connectivity index (χ1n) is 6.98. The molecule has 17 heavy (non-hydrogen) atoms. The van der Waals surface area contributed by atoms with Gasteiger partial charge in [-0.15, -0.1) is 0 Å². The van der Waals surface area contributed by atoms with Crippen LogP contribution < -0.4 is 0 Å². The van der Waals surface area contributed by atoms with Crippen molar-refractivity contribution in [3.05, 3.63) is 0 Å². The number of hydrogen-bond acceptors (Lipinski definition) is 2. The maximum atomic E-state index is 11.9. The Morgan fingerprint density at radius 3 is 2.29 bits per heavy atom. The molecular weight excluding hydrogens is 212 g/mol. The molecule has 0 atom stereocenters. The summed E-state index contributed by atoms with van der Waals surface area (Å²) in [6.45, 7) is 1.79. The van der Waals surface area contributed by atoms with Gasteiger partial charge in [0.05, 0.1) is 0 Å². The minimum atomic E-state index is 0.317. The van der Waals surface area contributed by atoms with Crippen LogP contribution in [0, 0.1) is 5.92 Å². The van der Waals surface area contributed by atoms with Gasteiger partial charge in [0.1, 0.15) is 0 Å². The highest BCUT2D eigenvalue weighted by Crippen LogP contribution is 2.27. The number of amides is 1. The molecular formula is C14H28N2O. The summed E-state index contributed by atoms with van der Waals surface area (Å²) in [5, 5.41) is 0. The van der Waals surface area contributed by atoms with Crippen molar-refractivity contribution in [3.63, 3.8) is 0 Å². The zero-order chi connectivity index (χ0) is 12.7. The molecule has 1 amide bonds. The van der Waals surface area contributed by atoms with Gasteiger partial charge in [0.2, 0.25) is 5.91 Å². The fraction of sp³-hybridized carbons (Fsp3) is 0.929. The van der Waals surface area contributed by atoms with E-state index in [2.05, 4.69) is 4.90 Å². The van der Waals surface area contributed by atoms with E-state index in [4.69, 9.17) is 0 Å². The molecule has 0 radical (unpaired) electrons. The van der Waals surface area contributed by atoms with E-state index >= 15 is 0 Å². The lowest BCUT2D eigenvalue weighted by atomic mass is 9.86. The van der Waals surface area contributed by atoms with E-state index in [-0.39, 0.29) is 0 Å². The lowest BCUT2D eigenvalue weighted by Gasteiger charge is -2.23. The van der Waals surface area contributed by atoms with Crippen LogP contribution in [0.1, 0.15) is 44.9 Å². The summed E-state index contributed by atoms with van der Waals surface area (Å²) in [6, 6.07) is 0. The second-order valence-corrected chi connectivity index (χ2v) is 5.66. The van der Waals surface area contributed by atoms with E-state index in [9.17, 15) is 4.79 Å². The SMILES string of the molecule is CN(C)CCN(C)C(=O)CCC1CCCCC1. The van der Waals surface area contributed by atoms with E-state index in [0.717, 1.165) is 31.8 Å². The van der Waals surface area contributed by atoms with Crippen LogP contribution in [-0.4, -0.2) is 49.9 Å². The number of nitrogens with zero attached hydrogens (tertiary/aromatic N) is 2. The molecule has 3 nitrogen and oxygen atoms in total. The topological polar surface area (TPSA) is 23.6 Å². The van der Waals surface area contributed by atoms with Gasteiger partial charge in [-0.25, -0.2) is 0 Å². The van der Waals surface area contributed by atoms with Crippen molar-refractivity contribution >= 4 is 5.91 Å². The predicted octanol–water partition coefficient (Wildman–Crippen LogP) is 2.37. The molecule has 0 aliphatic heterocycles. The van der Waals surface area contributed by atoms with Gasteiger partial charge in [-0.05, 0) is 26.4 Å². The number of rotatable bonds is 6. The van der Waals surface area contributed by atoms with Gasteiger partial charge in [0, 0.05) is 26.6 Å². The largest absolute Gasteiger partial charge is 0.344 e. The molecule has 1 rings (SSSR count). The minimum Gasteiger partial charge on any atom is -0.344 e. The van der Waals surface area contributed by atoms with Gasteiger partial charge in [0.25, 0.3) is 0 Å². The third-order valence-electron chi connectivity index (χ3n) is 3.80. The monoisotopic (exact) mass is 240 g/mol. The predicted molar refractivity (Wildman–Crippen MR) is 72.0 cm³/mol. The molecule has 0 unspecified atom stereocenters. The fourth-order valence-electron chi connectivity index (χ4n) is 2.47. The minimum absolute atomic E-state index is 0.317. The first-order valence-corrected chi connectivity index (χ1v) is 6.98. The van der Waals surface area contributed by atoms with Crippen molar-refractivity contribution in [3.8, 4) is 0 Å². The Morgan fingerprint density at radius 1 is 1.06 bits per heavy atom. The zero-order valence-corrected chi connectivity index (χ0v) is 11.7. The first-order chi connectivity index (χ1) is 8.09. The highest BCUT2D eigenvalue weighted by molar-refractivity contribution is 5.75. The van der Waals surface area contributed by atoms with Gasteiger partial charge in [0.15, 0.2) is 0 Å². The van der Waals surface area contributed by atoms with Gasteiger partial charge in [-0.3, -0.25) is 4.79 Å². The third-order valence-corrected chi connectivity index (χ3v) is 3.80. The Labute approximate surface area is 106 Å². The lowest BCUT2D eigenvalue weighted by molar-refractivity contribution is -0.130. The Hall–Kier alpha value is -0.570. The van der Waals surface area contributed by atoms with Crippen molar-refractivity contribution in [1.82, 2.24) is 9.80 Å². The summed E-state index contributed by atoms with van der Waals surface area (Å²) in [6.07, 6.45) is 8.67. The summed E-state index contributed by atoms with van der Waals surface area (Å²) in [5.74, 6) is 1.13. The summed E-state index contributed by atoms with van der Waals surface area (Å²) in [7, 11) is 6.01. The van der Waals surface area contributed by atoms with Crippen molar-refractivity contribution in [2.75, 3.05) is 34.2 Å². The second-order valence-electron chi connectivity index (χ2n) is 5.66. The molecule has 1 aliphatic carbocycles. The molecule has 0 aromatic heterocycles. The fourth-order valence-corrected chi connectivity index (χ4v) is 2.47. The standard InChI is InChI=1S/C14H28N2O/c1-15(2)11-12-16(3)14(17)10-9-13-7-5-4-6-8-13/h13H,4-12H2,1-3H3. The summed E-state index contributed by atoms with van der Waals surface area (Å²) in [4.78, 5) is 15.9. The van der Waals surface area contributed by atoms with Gasteiger partial charge < -0.3 is 9.80 Å². The van der Waals surface area contributed by atoms with Crippen molar-refractivity contribution < 1.29 is 4.79 Å². The van der Waals surface area contributed by atoms with Gasteiger partial charge in [-0.2, -0.15) is 0 Å². The van der Waals surface area contributed by atoms with Crippen LogP contribution in [0.3, 0.4) is 0 Å². The summed E-state index contributed by atoms with van der Waals surface area (Å²) in [5.41, 5.74) is 0. The molecule has 0 N–H and O–H groups in total. The number of carbonyl (C=O) groups is 1. The third kappa shape index (κ3) is 6.06. The molecule has 100 valence electrons. The average Bonchev–Trinajstić information content (AvgIpc) is 2.34. The molecule has 1 saturated carbocycles. The van der Waals surface area contributed by atoms with E-state index in [0.29, 0.717) is 5.91 Å². The number of carbonyl (C=O) groups excluding carboxylic acids is 1.